The number of benzene rings is 1. The Balaban J connectivity index is 1.77. The Morgan fingerprint density at radius 2 is 1.82 bits per heavy atom. The SMILES string of the molecule is COc1cccc(OC)c1-n1c(NS(=O)(=O)[C@@H](C)Cc2ccc(Br)cn2)nnc1-c1ccco1. The number of nitrogens with zero attached hydrogens (tertiary/aromatic N) is 4. The molecule has 4 aromatic rings. The first-order chi connectivity index (χ1) is 16.3. The van der Waals surface area contributed by atoms with E-state index >= 15 is 0 Å². The number of ether oxygens (including phenoxy) is 2. The third kappa shape index (κ3) is 4.77. The molecule has 34 heavy (non-hydrogen) atoms. The molecule has 1 atom stereocenters. The monoisotopic (exact) mass is 547 g/mol. The van der Waals surface area contributed by atoms with Crippen LogP contribution < -0.4 is 14.2 Å². The van der Waals surface area contributed by atoms with Gasteiger partial charge in [0.05, 0.1) is 25.7 Å². The number of aromatic nitrogens is 4. The van der Waals surface area contributed by atoms with Crippen LogP contribution in [-0.4, -0.2) is 47.6 Å². The Bertz CT molecular complexity index is 1350. The van der Waals surface area contributed by atoms with Crippen LogP contribution >= 0.6 is 15.9 Å². The van der Waals surface area contributed by atoms with Gasteiger partial charge < -0.3 is 13.9 Å². The minimum atomic E-state index is -3.88. The van der Waals surface area contributed by atoms with E-state index in [2.05, 4.69) is 35.8 Å². The number of nitrogens with one attached hydrogen (secondary N) is 1. The molecule has 0 amide bonds. The maximum Gasteiger partial charge on any atom is 0.243 e. The van der Waals surface area contributed by atoms with E-state index in [1.54, 1.807) is 49.5 Å². The summed E-state index contributed by atoms with van der Waals surface area (Å²) < 4.78 is 47.9. The molecule has 10 nitrogen and oxygen atoms in total. The number of para-hydroxylation sites is 1. The standard InChI is InChI=1S/C22H22BrN5O5S/c1-14(12-16-10-9-15(23)13-24-16)34(29,30)27-22-26-25-21(19-8-5-11-33-19)28(22)20-17(31-2)6-4-7-18(20)32-3/h4-11,13-14H,12H2,1-3H3,(H,26,27)/t14-/m0/s1. The van der Waals surface area contributed by atoms with Gasteiger partial charge in [-0.2, -0.15) is 0 Å². The lowest BCUT2D eigenvalue weighted by Crippen LogP contribution is -2.28. The maximum absolute atomic E-state index is 13.2. The average molecular weight is 548 g/mol. The molecule has 3 heterocycles. The minimum absolute atomic E-state index is 0.0372. The summed E-state index contributed by atoms with van der Waals surface area (Å²) in [5.41, 5.74) is 1.06. The van der Waals surface area contributed by atoms with Crippen LogP contribution in [-0.2, 0) is 16.4 Å². The first-order valence-electron chi connectivity index (χ1n) is 10.2. The van der Waals surface area contributed by atoms with Crippen molar-refractivity contribution >= 4 is 31.9 Å². The fraction of sp³-hybridized carbons (Fsp3) is 0.227. The van der Waals surface area contributed by atoms with Gasteiger partial charge in [0.25, 0.3) is 0 Å². The molecule has 0 unspecified atom stereocenters. The molecule has 1 N–H and O–H groups in total. The van der Waals surface area contributed by atoms with Crippen LogP contribution in [0.1, 0.15) is 12.6 Å². The molecule has 0 saturated carbocycles. The number of pyridine rings is 1. The van der Waals surface area contributed by atoms with Gasteiger partial charge in [0.1, 0.15) is 17.2 Å². The van der Waals surface area contributed by atoms with Crippen molar-refractivity contribution in [1.82, 2.24) is 19.7 Å². The fourth-order valence-corrected chi connectivity index (χ4v) is 4.55. The molecule has 1 aromatic carbocycles. The zero-order chi connectivity index (χ0) is 24.3. The Kier molecular flexibility index (Phi) is 6.89. The number of hydrogen-bond donors (Lipinski definition) is 1. The predicted octanol–water partition coefficient (Wildman–Crippen LogP) is 4.07. The van der Waals surface area contributed by atoms with E-state index < -0.39 is 15.3 Å². The van der Waals surface area contributed by atoms with Crippen LogP contribution in [0.15, 0.2) is 63.8 Å². The first kappa shape index (κ1) is 23.8. The van der Waals surface area contributed by atoms with E-state index in [0.717, 1.165) is 4.47 Å². The van der Waals surface area contributed by atoms with Crippen LogP contribution in [0.25, 0.3) is 17.3 Å². The molecule has 0 fully saturated rings. The number of rotatable bonds is 9. The molecule has 178 valence electrons. The molecule has 0 spiro atoms. The molecule has 12 heteroatoms. The Labute approximate surface area is 205 Å². The lowest BCUT2D eigenvalue weighted by molar-refractivity contribution is 0.391. The number of hydrogen-bond acceptors (Lipinski definition) is 8. The molecular formula is C22H22BrN5O5S. The summed E-state index contributed by atoms with van der Waals surface area (Å²) in [6, 6.07) is 12.2. The van der Waals surface area contributed by atoms with Gasteiger partial charge in [0, 0.05) is 22.8 Å². The van der Waals surface area contributed by atoms with Crippen LogP contribution in [0.3, 0.4) is 0 Å². The second-order valence-corrected chi connectivity index (χ2v) is 10.3. The van der Waals surface area contributed by atoms with Crippen LogP contribution in [0.4, 0.5) is 5.95 Å². The van der Waals surface area contributed by atoms with Crippen molar-refractivity contribution in [3.63, 3.8) is 0 Å². The quantitative estimate of drug-likeness (QED) is 0.332. The van der Waals surface area contributed by atoms with Gasteiger partial charge >= 0.3 is 0 Å². The summed E-state index contributed by atoms with van der Waals surface area (Å²) in [4.78, 5) is 4.27. The first-order valence-corrected chi connectivity index (χ1v) is 12.5. The molecule has 3 aromatic heterocycles. The molecule has 0 bridgehead atoms. The Morgan fingerprint density at radius 1 is 1.09 bits per heavy atom. The predicted molar refractivity (Wildman–Crippen MR) is 130 cm³/mol. The van der Waals surface area contributed by atoms with Crippen LogP contribution in [0.5, 0.6) is 11.5 Å². The van der Waals surface area contributed by atoms with Crippen molar-refractivity contribution in [1.29, 1.82) is 0 Å². The number of furan rings is 1. The largest absolute Gasteiger partial charge is 0.494 e. The second-order valence-electron chi connectivity index (χ2n) is 7.30. The molecule has 4 rings (SSSR count). The second kappa shape index (κ2) is 9.85. The van der Waals surface area contributed by atoms with Crippen LogP contribution in [0.2, 0.25) is 0 Å². The summed E-state index contributed by atoms with van der Waals surface area (Å²) in [7, 11) is -0.872. The molecule has 0 aliphatic heterocycles. The average Bonchev–Trinajstić information content (AvgIpc) is 3.49. The van der Waals surface area contributed by atoms with E-state index in [4.69, 9.17) is 13.9 Å². The van der Waals surface area contributed by atoms with E-state index in [-0.39, 0.29) is 18.2 Å². The normalized spacial score (nSPS) is 12.4. The van der Waals surface area contributed by atoms with Gasteiger partial charge in [-0.1, -0.05) is 6.07 Å². The highest BCUT2D eigenvalue weighted by atomic mass is 79.9. The zero-order valence-electron chi connectivity index (χ0n) is 18.6. The van der Waals surface area contributed by atoms with E-state index in [1.807, 2.05) is 6.07 Å². The van der Waals surface area contributed by atoms with Gasteiger partial charge in [-0.05, 0) is 59.3 Å². The Hall–Kier alpha value is -3.38. The number of halogens is 1. The molecule has 0 radical (unpaired) electrons. The number of methoxy groups -OCH3 is 2. The molecular weight excluding hydrogens is 526 g/mol. The summed E-state index contributed by atoms with van der Waals surface area (Å²) in [6.07, 6.45) is 3.33. The molecule has 0 aliphatic rings. The van der Waals surface area contributed by atoms with Crippen molar-refractivity contribution in [2.45, 2.75) is 18.6 Å². The minimum Gasteiger partial charge on any atom is -0.494 e. The summed E-state index contributed by atoms with van der Waals surface area (Å²) in [6.45, 7) is 1.60. The summed E-state index contributed by atoms with van der Waals surface area (Å²) >= 11 is 3.33. The van der Waals surface area contributed by atoms with Crippen molar-refractivity contribution in [3.05, 3.63) is 65.1 Å². The van der Waals surface area contributed by atoms with E-state index in [1.165, 1.54) is 25.0 Å². The summed E-state index contributed by atoms with van der Waals surface area (Å²) in [5, 5.41) is 7.49. The highest BCUT2D eigenvalue weighted by Crippen LogP contribution is 2.37. The van der Waals surface area contributed by atoms with Crippen molar-refractivity contribution in [2.75, 3.05) is 18.9 Å². The molecule has 0 saturated heterocycles. The summed E-state index contributed by atoms with van der Waals surface area (Å²) in [5.74, 6) is 1.48. The lowest BCUT2D eigenvalue weighted by Gasteiger charge is -2.18. The topological polar surface area (TPSA) is 121 Å². The number of sulfonamides is 1. The van der Waals surface area contributed by atoms with Gasteiger partial charge in [0.15, 0.2) is 5.76 Å². The fourth-order valence-electron chi connectivity index (χ4n) is 3.34. The third-order valence-corrected chi connectivity index (χ3v) is 7.24. The van der Waals surface area contributed by atoms with Crippen molar-refractivity contribution < 1.29 is 22.3 Å². The van der Waals surface area contributed by atoms with Gasteiger partial charge in [0.2, 0.25) is 21.8 Å². The van der Waals surface area contributed by atoms with Gasteiger partial charge in [-0.3, -0.25) is 14.3 Å². The van der Waals surface area contributed by atoms with Crippen molar-refractivity contribution in [3.8, 4) is 28.8 Å². The highest BCUT2D eigenvalue weighted by molar-refractivity contribution is 9.10. The third-order valence-electron chi connectivity index (χ3n) is 5.08. The lowest BCUT2D eigenvalue weighted by atomic mass is 10.2. The maximum atomic E-state index is 13.2. The number of anilines is 1. The smallest absolute Gasteiger partial charge is 0.243 e. The Morgan fingerprint density at radius 3 is 2.41 bits per heavy atom. The van der Waals surface area contributed by atoms with E-state index in [9.17, 15) is 8.42 Å². The van der Waals surface area contributed by atoms with Crippen LogP contribution in [0, 0.1) is 0 Å². The van der Waals surface area contributed by atoms with Gasteiger partial charge in [-0.15, -0.1) is 10.2 Å². The zero-order valence-corrected chi connectivity index (χ0v) is 21.0. The van der Waals surface area contributed by atoms with Crippen molar-refractivity contribution in [2.24, 2.45) is 0 Å². The van der Waals surface area contributed by atoms with E-state index in [0.29, 0.717) is 28.6 Å². The molecule has 0 aliphatic carbocycles. The van der Waals surface area contributed by atoms with Gasteiger partial charge in [-0.25, -0.2) is 8.42 Å². The highest BCUT2D eigenvalue weighted by Gasteiger charge is 2.28.